The molecule has 0 aliphatic carbocycles. The molecule has 5 nitrogen and oxygen atoms in total. The molecule has 0 heterocycles. The van der Waals surface area contributed by atoms with Gasteiger partial charge in [0.15, 0.2) is 0 Å². The number of rotatable bonds is 7. The molecular formula is C17H18ClFN2O3S. The molecule has 0 saturated carbocycles. The lowest BCUT2D eigenvalue weighted by atomic mass is 10.1. The summed E-state index contributed by atoms with van der Waals surface area (Å²) in [5.41, 5.74) is 0.761. The van der Waals surface area contributed by atoms with Crippen molar-refractivity contribution in [2.24, 2.45) is 0 Å². The highest BCUT2D eigenvalue weighted by Gasteiger charge is 2.15. The van der Waals surface area contributed by atoms with Gasteiger partial charge in [-0.3, -0.25) is 4.79 Å². The Bertz CT molecular complexity index is 824. The summed E-state index contributed by atoms with van der Waals surface area (Å²) in [5, 5.41) is 3.17. The highest BCUT2D eigenvalue weighted by molar-refractivity contribution is 7.89. The third kappa shape index (κ3) is 5.81. The summed E-state index contributed by atoms with van der Waals surface area (Å²) < 4.78 is 39.4. The van der Waals surface area contributed by atoms with Crippen molar-refractivity contribution in [3.63, 3.8) is 0 Å². The molecule has 134 valence electrons. The zero-order valence-corrected chi connectivity index (χ0v) is 15.1. The summed E-state index contributed by atoms with van der Waals surface area (Å²) in [7, 11) is -3.69. The second-order valence-electron chi connectivity index (χ2n) is 5.44. The highest BCUT2D eigenvalue weighted by atomic mass is 35.5. The molecule has 25 heavy (non-hydrogen) atoms. The van der Waals surface area contributed by atoms with Gasteiger partial charge in [0.2, 0.25) is 15.9 Å². The Labute approximate surface area is 151 Å². The number of benzene rings is 2. The SMILES string of the molecule is C[C@H](NC(=O)CCNS(=O)(=O)c1ccc(Cl)cc1)c1ccc(F)cc1. The predicted octanol–water partition coefficient (Wildman–Crippen LogP) is 3.02. The van der Waals surface area contributed by atoms with Crippen LogP contribution in [0.3, 0.4) is 0 Å². The van der Waals surface area contributed by atoms with Gasteiger partial charge in [-0.2, -0.15) is 0 Å². The number of carbonyl (C=O) groups is 1. The van der Waals surface area contributed by atoms with Crippen LogP contribution in [-0.4, -0.2) is 20.9 Å². The van der Waals surface area contributed by atoms with E-state index >= 15 is 0 Å². The number of sulfonamides is 1. The van der Waals surface area contributed by atoms with Crippen molar-refractivity contribution < 1.29 is 17.6 Å². The first-order valence-electron chi connectivity index (χ1n) is 7.58. The van der Waals surface area contributed by atoms with Crippen LogP contribution in [0.25, 0.3) is 0 Å². The maximum Gasteiger partial charge on any atom is 0.240 e. The number of halogens is 2. The van der Waals surface area contributed by atoms with Gasteiger partial charge in [-0.25, -0.2) is 17.5 Å². The number of hydrogen-bond acceptors (Lipinski definition) is 3. The van der Waals surface area contributed by atoms with Crippen LogP contribution < -0.4 is 10.0 Å². The zero-order chi connectivity index (χ0) is 18.4. The van der Waals surface area contributed by atoms with Crippen LogP contribution in [0.1, 0.15) is 24.9 Å². The lowest BCUT2D eigenvalue weighted by Gasteiger charge is -2.14. The van der Waals surface area contributed by atoms with Crippen molar-refractivity contribution >= 4 is 27.5 Å². The average molecular weight is 385 g/mol. The average Bonchev–Trinajstić information content (AvgIpc) is 2.55. The largest absolute Gasteiger partial charge is 0.350 e. The van der Waals surface area contributed by atoms with Crippen molar-refractivity contribution in [1.82, 2.24) is 10.0 Å². The predicted molar refractivity (Wildman–Crippen MR) is 94.2 cm³/mol. The molecule has 0 spiro atoms. The van der Waals surface area contributed by atoms with Crippen molar-refractivity contribution in [1.29, 1.82) is 0 Å². The Morgan fingerprint density at radius 3 is 2.32 bits per heavy atom. The second-order valence-corrected chi connectivity index (χ2v) is 7.65. The van der Waals surface area contributed by atoms with Crippen LogP contribution in [0, 0.1) is 5.82 Å². The van der Waals surface area contributed by atoms with E-state index in [1.807, 2.05) is 0 Å². The summed E-state index contributed by atoms with van der Waals surface area (Å²) in [6.45, 7) is 1.73. The van der Waals surface area contributed by atoms with Crippen LogP contribution in [-0.2, 0) is 14.8 Å². The molecule has 0 fully saturated rings. The van der Waals surface area contributed by atoms with Gasteiger partial charge in [-0.05, 0) is 48.9 Å². The fourth-order valence-electron chi connectivity index (χ4n) is 2.14. The number of carbonyl (C=O) groups excluding carboxylic acids is 1. The minimum atomic E-state index is -3.69. The van der Waals surface area contributed by atoms with Crippen LogP contribution >= 0.6 is 11.6 Å². The maximum absolute atomic E-state index is 12.9. The van der Waals surface area contributed by atoms with Gasteiger partial charge >= 0.3 is 0 Å². The Morgan fingerprint density at radius 2 is 1.72 bits per heavy atom. The van der Waals surface area contributed by atoms with E-state index in [0.717, 1.165) is 5.56 Å². The Hall–Kier alpha value is -1.96. The maximum atomic E-state index is 12.9. The Balaban J connectivity index is 1.83. The fraction of sp³-hybridized carbons (Fsp3) is 0.235. The van der Waals surface area contributed by atoms with E-state index in [0.29, 0.717) is 5.02 Å². The normalized spacial score (nSPS) is 12.6. The Morgan fingerprint density at radius 1 is 1.12 bits per heavy atom. The number of hydrogen-bond donors (Lipinski definition) is 2. The van der Waals surface area contributed by atoms with Crippen LogP contribution in [0.2, 0.25) is 5.02 Å². The second kappa shape index (κ2) is 8.42. The van der Waals surface area contributed by atoms with Gasteiger partial charge < -0.3 is 5.32 Å². The standard InChI is InChI=1S/C17H18ClFN2O3S/c1-12(13-2-6-15(19)7-3-13)21-17(22)10-11-20-25(23,24)16-8-4-14(18)5-9-16/h2-9,12,20H,10-11H2,1H3,(H,21,22)/t12-/m0/s1. The quantitative estimate of drug-likeness (QED) is 0.770. The van der Waals surface area contributed by atoms with E-state index in [1.165, 1.54) is 36.4 Å². The summed E-state index contributed by atoms with van der Waals surface area (Å²) in [5.74, 6) is -0.658. The summed E-state index contributed by atoms with van der Waals surface area (Å²) in [6.07, 6.45) is -0.0155. The molecule has 0 aromatic heterocycles. The van der Waals surface area contributed by atoms with E-state index in [4.69, 9.17) is 11.6 Å². The number of nitrogens with one attached hydrogen (secondary N) is 2. The van der Waals surface area contributed by atoms with Crippen molar-refractivity contribution in [3.05, 3.63) is 64.9 Å². The van der Waals surface area contributed by atoms with Crippen molar-refractivity contribution in [2.45, 2.75) is 24.3 Å². The molecule has 2 rings (SSSR count). The van der Waals surface area contributed by atoms with Crippen molar-refractivity contribution in [3.8, 4) is 0 Å². The minimum Gasteiger partial charge on any atom is -0.350 e. The van der Waals surface area contributed by atoms with E-state index in [1.54, 1.807) is 19.1 Å². The summed E-state index contributed by atoms with van der Waals surface area (Å²) >= 11 is 5.73. The molecule has 0 aliphatic heterocycles. The fourth-order valence-corrected chi connectivity index (χ4v) is 3.30. The van der Waals surface area contributed by atoms with Gasteiger partial charge in [-0.15, -0.1) is 0 Å². The molecule has 0 radical (unpaired) electrons. The molecule has 2 aromatic rings. The smallest absolute Gasteiger partial charge is 0.240 e. The third-order valence-electron chi connectivity index (χ3n) is 3.52. The van der Waals surface area contributed by atoms with Gasteiger partial charge in [0, 0.05) is 18.0 Å². The third-order valence-corrected chi connectivity index (χ3v) is 5.24. The van der Waals surface area contributed by atoms with E-state index in [2.05, 4.69) is 10.0 Å². The molecule has 0 bridgehead atoms. The molecule has 2 aromatic carbocycles. The van der Waals surface area contributed by atoms with Crippen LogP contribution in [0.4, 0.5) is 4.39 Å². The molecule has 8 heteroatoms. The van der Waals surface area contributed by atoms with Gasteiger partial charge in [0.1, 0.15) is 5.82 Å². The Kier molecular flexibility index (Phi) is 6.52. The molecule has 1 atom stereocenters. The van der Waals surface area contributed by atoms with E-state index in [-0.39, 0.29) is 35.6 Å². The number of amides is 1. The molecule has 1 amide bonds. The minimum absolute atomic E-state index is 0.0155. The van der Waals surface area contributed by atoms with Crippen LogP contribution in [0.15, 0.2) is 53.4 Å². The van der Waals surface area contributed by atoms with E-state index < -0.39 is 10.0 Å². The molecule has 0 aliphatic rings. The monoisotopic (exact) mass is 384 g/mol. The first-order chi connectivity index (χ1) is 11.8. The van der Waals surface area contributed by atoms with Crippen molar-refractivity contribution in [2.75, 3.05) is 6.54 Å². The van der Waals surface area contributed by atoms with Gasteiger partial charge in [0.05, 0.1) is 10.9 Å². The highest BCUT2D eigenvalue weighted by Crippen LogP contribution is 2.14. The molecule has 0 unspecified atom stereocenters. The first kappa shape index (κ1) is 19.4. The van der Waals surface area contributed by atoms with Gasteiger partial charge in [0.25, 0.3) is 0 Å². The summed E-state index contributed by atoms with van der Waals surface area (Å²) in [6, 6.07) is 11.2. The van der Waals surface area contributed by atoms with Gasteiger partial charge in [-0.1, -0.05) is 23.7 Å². The molecule has 0 saturated heterocycles. The molecule has 2 N–H and O–H groups in total. The lowest BCUT2D eigenvalue weighted by molar-refractivity contribution is -0.121. The molecular weight excluding hydrogens is 367 g/mol. The lowest BCUT2D eigenvalue weighted by Crippen LogP contribution is -2.32. The summed E-state index contributed by atoms with van der Waals surface area (Å²) in [4.78, 5) is 12.0. The zero-order valence-electron chi connectivity index (χ0n) is 13.5. The van der Waals surface area contributed by atoms with E-state index in [9.17, 15) is 17.6 Å². The van der Waals surface area contributed by atoms with Crippen LogP contribution in [0.5, 0.6) is 0 Å². The first-order valence-corrected chi connectivity index (χ1v) is 9.44. The topological polar surface area (TPSA) is 75.3 Å².